The molecule has 2 N–H and O–H groups in total. The van der Waals surface area contributed by atoms with Crippen molar-refractivity contribution in [2.24, 2.45) is 17.8 Å². The van der Waals surface area contributed by atoms with Gasteiger partial charge in [-0.05, 0) is 36.5 Å². The number of likely N-dealkylation sites (tertiary alicyclic amines) is 1. The fourth-order valence-electron chi connectivity index (χ4n) is 6.19. The van der Waals surface area contributed by atoms with Crippen LogP contribution >= 0.6 is 39.1 Å². The number of allylic oxidation sites excluding steroid dienone is 2. The van der Waals surface area contributed by atoms with Crippen LogP contribution in [0.15, 0.2) is 23.8 Å². The number of alkyl halides is 3. The van der Waals surface area contributed by atoms with Crippen molar-refractivity contribution in [1.82, 2.24) is 9.96 Å². The molecule has 192 valence electrons. The molecule has 10 nitrogen and oxygen atoms in total. The standard InChI is InChI=1S/C23H21BrCl2N2O8/c1-35-13-5-9(6-14(36-2)17(13)29)16-10-3-4-11-15(19(31)28(34)18(11)30)12(10)7-22(25)20(32)27(8-24)21(33)23(16,22)26/h3,5-6,11-12,15-16,29,34H,4,7-8H2,1-2H3/t11-,12+,15-,16-,22+,23-/m0/s1. The number of hydroxylamine groups is 2. The van der Waals surface area contributed by atoms with Gasteiger partial charge in [0, 0.05) is 5.92 Å². The summed E-state index contributed by atoms with van der Waals surface area (Å²) < 4.78 is 10.6. The summed E-state index contributed by atoms with van der Waals surface area (Å²) >= 11 is 17.3. The highest BCUT2D eigenvalue weighted by Gasteiger charge is 2.76. The van der Waals surface area contributed by atoms with E-state index in [0.29, 0.717) is 11.1 Å². The third-order valence-corrected chi connectivity index (χ3v) is 9.74. The molecule has 0 aromatic heterocycles. The predicted octanol–water partition coefficient (Wildman–Crippen LogP) is 2.51. The number of nitrogens with zero attached hydrogens (tertiary/aromatic N) is 2. The first kappa shape index (κ1) is 25.3. The highest BCUT2D eigenvalue weighted by molar-refractivity contribution is 9.09. The molecule has 4 aliphatic rings. The van der Waals surface area contributed by atoms with Crippen LogP contribution < -0.4 is 9.47 Å². The Hall–Kier alpha value is -2.34. The number of amides is 4. The van der Waals surface area contributed by atoms with Gasteiger partial charge in [-0.25, -0.2) is 0 Å². The SMILES string of the molecule is COc1cc([C@H]2C3=CC[C@@H]4C(=O)N(O)C(=O)[C@@H]4[C@@H]3C[C@@]3(Cl)C(=O)N(CBr)C(=O)[C@@]23Cl)cc(OC)c1O. The molecule has 1 aromatic carbocycles. The lowest BCUT2D eigenvalue weighted by molar-refractivity contribution is -0.173. The number of fused-ring (bicyclic) bond motifs is 4. The summed E-state index contributed by atoms with van der Waals surface area (Å²) in [5.74, 6) is -6.85. The Kier molecular flexibility index (Phi) is 5.86. The van der Waals surface area contributed by atoms with Crippen LogP contribution in [0.4, 0.5) is 0 Å². The molecule has 13 heteroatoms. The highest BCUT2D eigenvalue weighted by Crippen LogP contribution is 2.66. The number of hydrogen-bond donors (Lipinski definition) is 2. The Morgan fingerprint density at radius 1 is 1.06 bits per heavy atom. The number of rotatable bonds is 4. The van der Waals surface area contributed by atoms with Gasteiger partial charge in [-0.1, -0.05) is 27.6 Å². The van der Waals surface area contributed by atoms with E-state index >= 15 is 0 Å². The minimum atomic E-state index is -2.01. The predicted molar refractivity (Wildman–Crippen MR) is 128 cm³/mol. The molecule has 0 radical (unpaired) electrons. The highest BCUT2D eigenvalue weighted by atomic mass is 79.9. The Balaban J connectivity index is 1.79. The zero-order valence-corrected chi connectivity index (χ0v) is 22.1. The lowest BCUT2D eigenvalue weighted by Gasteiger charge is -2.50. The van der Waals surface area contributed by atoms with Crippen molar-refractivity contribution in [3.63, 3.8) is 0 Å². The Morgan fingerprint density at radius 2 is 1.67 bits per heavy atom. The average Bonchev–Trinajstić information content (AvgIpc) is 3.17. The van der Waals surface area contributed by atoms with E-state index in [9.17, 15) is 29.5 Å². The van der Waals surface area contributed by atoms with E-state index in [0.717, 1.165) is 4.90 Å². The zero-order chi connectivity index (χ0) is 26.3. The summed E-state index contributed by atoms with van der Waals surface area (Å²) in [4.78, 5) is 49.6. The summed E-state index contributed by atoms with van der Waals surface area (Å²) in [6.07, 6.45) is 1.64. The van der Waals surface area contributed by atoms with E-state index in [4.69, 9.17) is 32.7 Å². The molecule has 36 heavy (non-hydrogen) atoms. The van der Waals surface area contributed by atoms with Gasteiger partial charge in [0.25, 0.3) is 23.6 Å². The molecular weight excluding hydrogens is 583 g/mol. The van der Waals surface area contributed by atoms with Gasteiger partial charge in [0.2, 0.25) is 5.75 Å². The normalized spacial score (nSPS) is 35.4. The summed E-state index contributed by atoms with van der Waals surface area (Å²) in [5.41, 5.74) is 0.734. The molecule has 4 amide bonds. The lowest BCUT2D eigenvalue weighted by atomic mass is 9.56. The molecule has 2 aliphatic heterocycles. The molecule has 1 aromatic rings. The van der Waals surface area contributed by atoms with E-state index in [1.807, 2.05) is 0 Å². The quantitative estimate of drug-likeness (QED) is 0.176. The van der Waals surface area contributed by atoms with Gasteiger partial charge in [0.15, 0.2) is 21.2 Å². The number of benzene rings is 1. The molecule has 0 spiro atoms. The number of phenols is 1. The third-order valence-electron chi connectivity index (χ3n) is 7.83. The largest absolute Gasteiger partial charge is 0.502 e. The molecule has 1 saturated carbocycles. The number of carbonyl (C=O) groups excluding carboxylic acids is 4. The van der Waals surface area contributed by atoms with E-state index in [1.165, 1.54) is 26.4 Å². The molecule has 2 heterocycles. The minimum Gasteiger partial charge on any atom is -0.502 e. The number of methoxy groups -OCH3 is 2. The molecule has 2 saturated heterocycles. The lowest BCUT2D eigenvalue weighted by Crippen LogP contribution is -2.60. The van der Waals surface area contributed by atoms with Crippen molar-refractivity contribution < 1.29 is 39.0 Å². The van der Waals surface area contributed by atoms with Crippen LogP contribution in [0.25, 0.3) is 0 Å². The summed E-state index contributed by atoms with van der Waals surface area (Å²) in [6.45, 7) is 0. The van der Waals surface area contributed by atoms with E-state index in [1.54, 1.807) is 6.08 Å². The smallest absolute Gasteiger partial charge is 0.257 e. The van der Waals surface area contributed by atoms with Crippen molar-refractivity contribution in [2.45, 2.75) is 28.5 Å². The first-order chi connectivity index (χ1) is 17.0. The second-order valence-corrected chi connectivity index (χ2v) is 11.0. The number of hydrogen-bond acceptors (Lipinski definition) is 8. The van der Waals surface area contributed by atoms with Gasteiger partial charge >= 0.3 is 0 Å². The van der Waals surface area contributed by atoms with Crippen LogP contribution in [0.5, 0.6) is 17.2 Å². The first-order valence-corrected chi connectivity index (χ1v) is 12.9. The minimum absolute atomic E-state index is 0.0315. The second kappa shape index (κ2) is 8.34. The molecule has 6 atom stereocenters. The van der Waals surface area contributed by atoms with E-state index in [-0.39, 0.29) is 40.6 Å². The molecule has 0 unspecified atom stereocenters. The summed E-state index contributed by atoms with van der Waals surface area (Å²) in [6, 6.07) is 2.93. The van der Waals surface area contributed by atoms with Crippen molar-refractivity contribution >= 4 is 62.8 Å². The van der Waals surface area contributed by atoms with E-state index < -0.39 is 57.0 Å². The number of carbonyl (C=O) groups is 4. The Bertz CT molecular complexity index is 1230. The molecule has 0 bridgehead atoms. The van der Waals surface area contributed by atoms with Crippen LogP contribution in [-0.4, -0.2) is 73.3 Å². The van der Waals surface area contributed by atoms with Crippen LogP contribution in [0, 0.1) is 17.8 Å². The average molecular weight is 604 g/mol. The summed E-state index contributed by atoms with van der Waals surface area (Å²) in [7, 11) is 2.67. The van der Waals surface area contributed by atoms with Gasteiger partial charge in [-0.15, -0.1) is 23.2 Å². The van der Waals surface area contributed by atoms with Crippen LogP contribution in [-0.2, 0) is 19.2 Å². The van der Waals surface area contributed by atoms with Crippen LogP contribution in [0.1, 0.15) is 24.3 Å². The maximum atomic E-state index is 13.7. The molecule has 2 aliphatic carbocycles. The Labute approximate surface area is 223 Å². The van der Waals surface area contributed by atoms with E-state index in [2.05, 4.69) is 15.9 Å². The van der Waals surface area contributed by atoms with Crippen molar-refractivity contribution in [2.75, 3.05) is 19.7 Å². The monoisotopic (exact) mass is 602 g/mol. The van der Waals surface area contributed by atoms with Gasteiger partial charge in [-0.3, -0.25) is 29.3 Å². The fraction of sp³-hybridized carbons (Fsp3) is 0.478. The zero-order valence-electron chi connectivity index (χ0n) is 19.0. The van der Waals surface area contributed by atoms with Crippen molar-refractivity contribution in [1.29, 1.82) is 0 Å². The number of aromatic hydroxyl groups is 1. The van der Waals surface area contributed by atoms with Crippen molar-refractivity contribution in [3.05, 3.63) is 29.3 Å². The van der Waals surface area contributed by atoms with Gasteiger partial charge in [0.05, 0.1) is 31.5 Å². The molecule has 3 fully saturated rings. The van der Waals surface area contributed by atoms with Crippen LogP contribution in [0.2, 0.25) is 0 Å². The number of halogens is 3. The number of phenolic OH excluding ortho intramolecular Hbond substituents is 1. The third kappa shape index (κ3) is 2.94. The van der Waals surface area contributed by atoms with Gasteiger partial charge in [-0.2, -0.15) is 5.06 Å². The van der Waals surface area contributed by atoms with Gasteiger partial charge < -0.3 is 14.6 Å². The summed E-state index contributed by atoms with van der Waals surface area (Å²) in [5, 5.41) is 20.6. The molecular formula is C23H21BrCl2N2O8. The Morgan fingerprint density at radius 3 is 2.22 bits per heavy atom. The van der Waals surface area contributed by atoms with Crippen molar-refractivity contribution in [3.8, 4) is 17.2 Å². The molecule has 5 rings (SSSR count). The topological polar surface area (TPSA) is 134 Å². The van der Waals surface area contributed by atoms with Gasteiger partial charge in [0.1, 0.15) is 0 Å². The number of ether oxygens (including phenoxy) is 2. The number of imide groups is 2. The van der Waals surface area contributed by atoms with Crippen LogP contribution in [0.3, 0.4) is 0 Å². The maximum absolute atomic E-state index is 13.7. The fourth-order valence-corrected chi connectivity index (χ4v) is 7.62. The second-order valence-electron chi connectivity index (χ2n) is 9.25. The maximum Gasteiger partial charge on any atom is 0.257 e. The first-order valence-electron chi connectivity index (χ1n) is 11.0.